The van der Waals surface area contributed by atoms with Gasteiger partial charge in [-0.25, -0.2) is 9.59 Å². The molecule has 1 fully saturated rings. The van der Waals surface area contributed by atoms with E-state index in [1.165, 1.54) is 11.9 Å². The van der Waals surface area contributed by atoms with Crippen LogP contribution in [0.15, 0.2) is 12.1 Å². The SMILES string of the molecule is CN(CC(=O)ON1CCCC1=O)CC(=O)On1c(O)ccc1O. The number of amides is 1. The lowest BCUT2D eigenvalue weighted by atomic mass is 10.4. The van der Waals surface area contributed by atoms with Crippen LogP contribution in [0.1, 0.15) is 12.8 Å². The van der Waals surface area contributed by atoms with E-state index < -0.39 is 23.7 Å². The zero-order chi connectivity index (χ0) is 17.0. The predicted molar refractivity (Wildman–Crippen MR) is 73.9 cm³/mol. The summed E-state index contributed by atoms with van der Waals surface area (Å²) in [5.41, 5.74) is 0. The highest BCUT2D eigenvalue weighted by atomic mass is 16.7. The van der Waals surface area contributed by atoms with Crippen LogP contribution >= 0.6 is 0 Å². The topological polar surface area (TPSA) is 122 Å². The summed E-state index contributed by atoms with van der Waals surface area (Å²) < 4.78 is 0.553. The summed E-state index contributed by atoms with van der Waals surface area (Å²) in [4.78, 5) is 45.6. The zero-order valence-corrected chi connectivity index (χ0v) is 12.5. The van der Waals surface area contributed by atoms with Crippen molar-refractivity contribution in [3.63, 3.8) is 0 Å². The maximum atomic E-state index is 11.7. The maximum Gasteiger partial charge on any atom is 0.347 e. The smallest absolute Gasteiger partial charge is 0.347 e. The van der Waals surface area contributed by atoms with Gasteiger partial charge < -0.3 is 19.9 Å². The molecule has 1 saturated heterocycles. The largest absolute Gasteiger partial charge is 0.492 e. The molecule has 23 heavy (non-hydrogen) atoms. The van der Waals surface area contributed by atoms with Crippen molar-refractivity contribution >= 4 is 17.8 Å². The Labute approximate surface area is 131 Å². The Morgan fingerprint density at radius 1 is 1.17 bits per heavy atom. The normalized spacial score (nSPS) is 14.3. The predicted octanol–water partition coefficient (Wildman–Crippen LogP) is -1.13. The Bertz CT molecular complexity index is 593. The number of aromatic hydroxyl groups is 2. The van der Waals surface area contributed by atoms with Crippen LogP contribution in [0, 0.1) is 0 Å². The standard InChI is InChI=1S/C13H17N3O7/c1-14(7-12(20)22-15-6-2-3-9(15)17)8-13(21)23-16-10(18)4-5-11(16)19/h4-5,18-19H,2-3,6-8H2,1H3. The minimum absolute atomic E-state index is 0.234. The van der Waals surface area contributed by atoms with E-state index in [0.29, 0.717) is 24.1 Å². The minimum atomic E-state index is -0.806. The molecular weight excluding hydrogens is 310 g/mol. The average molecular weight is 327 g/mol. The minimum Gasteiger partial charge on any atom is -0.492 e. The van der Waals surface area contributed by atoms with Crippen LogP contribution in [0.25, 0.3) is 0 Å². The van der Waals surface area contributed by atoms with Crippen LogP contribution in [0.2, 0.25) is 0 Å². The lowest BCUT2D eigenvalue weighted by Gasteiger charge is -2.18. The molecule has 0 unspecified atom stereocenters. The number of hydroxylamine groups is 2. The Hall–Kier alpha value is -2.75. The number of likely N-dealkylation sites (N-methyl/N-ethyl adjacent to an activating group) is 1. The highest BCUT2D eigenvalue weighted by Gasteiger charge is 2.25. The van der Waals surface area contributed by atoms with E-state index in [1.54, 1.807) is 0 Å². The number of aromatic nitrogens is 1. The molecule has 1 aliphatic rings. The fraction of sp³-hybridized carbons (Fsp3) is 0.462. The molecule has 1 aromatic heterocycles. The van der Waals surface area contributed by atoms with Crippen LogP contribution in [0.4, 0.5) is 0 Å². The summed E-state index contributed by atoms with van der Waals surface area (Å²) in [5.74, 6) is -2.61. The second kappa shape index (κ2) is 7.01. The molecule has 0 spiro atoms. The van der Waals surface area contributed by atoms with Gasteiger partial charge in [0, 0.05) is 18.6 Å². The third-order valence-electron chi connectivity index (χ3n) is 3.03. The van der Waals surface area contributed by atoms with Gasteiger partial charge in [-0.1, -0.05) is 0 Å². The first-order valence-corrected chi connectivity index (χ1v) is 6.87. The van der Waals surface area contributed by atoms with Gasteiger partial charge in [-0.3, -0.25) is 9.69 Å². The van der Waals surface area contributed by atoms with Crippen molar-refractivity contribution in [1.82, 2.24) is 14.7 Å². The number of carbonyl (C=O) groups is 3. The first-order valence-electron chi connectivity index (χ1n) is 6.87. The monoisotopic (exact) mass is 327 g/mol. The van der Waals surface area contributed by atoms with E-state index in [4.69, 9.17) is 9.68 Å². The van der Waals surface area contributed by atoms with Crippen LogP contribution in [0.3, 0.4) is 0 Å². The molecule has 2 heterocycles. The van der Waals surface area contributed by atoms with Crippen LogP contribution in [-0.4, -0.2) is 69.4 Å². The molecule has 0 bridgehead atoms. The number of carbonyl (C=O) groups excluding carboxylic acids is 3. The van der Waals surface area contributed by atoms with Gasteiger partial charge in [0.05, 0.1) is 19.6 Å². The van der Waals surface area contributed by atoms with Crippen molar-refractivity contribution in [3.05, 3.63) is 12.1 Å². The van der Waals surface area contributed by atoms with E-state index in [0.717, 1.165) is 17.2 Å². The van der Waals surface area contributed by atoms with Crippen molar-refractivity contribution < 1.29 is 34.3 Å². The zero-order valence-electron chi connectivity index (χ0n) is 12.5. The number of hydrogen-bond donors (Lipinski definition) is 2. The average Bonchev–Trinajstić information content (AvgIpc) is 2.99. The third kappa shape index (κ3) is 4.36. The fourth-order valence-corrected chi connectivity index (χ4v) is 1.99. The van der Waals surface area contributed by atoms with Gasteiger partial charge in [0.2, 0.25) is 11.8 Å². The lowest BCUT2D eigenvalue weighted by Crippen LogP contribution is -2.38. The van der Waals surface area contributed by atoms with Crippen molar-refractivity contribution in [2.24, 2.45) is 0 Å². The summed E-state index contributed by atoms with van der Waals surface area (Å²) in [6.07, 6.45) is 0.984. The molecule has 10 nitrogen and oxygen atoms in total. The highest BCUT2D eigenvalue weighted by molar-refractivity contribution is 5.80. The first kappa shape index (κ1) is 16.6. The van der Waals surface area contributed by atoms with E-state index in [1.807, 2.05) is 0 Å². The molecule has 0 saturated carbocycles. The van der Waals surface area contributed by atoms with E-state index in [-0.39, 0.29) is 19.0 Å². The molecule has 126 valence electrons. The molecule has 1 aromatic rings. The van der Waals surface area contributed by atoms with E-state index in [2.05, 4.69) is 0 Å². The van der Waals surface area contributed by atoms with Crippen LogP contribution in [0.5, 0.6) is 11.8 Å². The molecule has 0 aromatic carbocycles. The summed E-state index contributed by atoms with van der Waals surface area (Å²) in [5, 5.41) is 19.7. The lowest BCUT2D eigenvalue weighted by molar-refractivity contribution is -0.193. The molecule has 1 amide bonds. The number of rotatable bonds is 6. The Kier molecular flexibility index (Phi) is 5.06. The van der Waals surface area contributed by atoms with Gasteiger partial charge in [0.1, 0.15) is 0 Å². The Morgan fingerprint density at radius 2 is 1.74 bits per heavy atom. The molecule has 0 aliphatic carbocycles. The highest BCUT2D eigenvalue weighted by Crippen LogP contribution is 2.18. The molecule has 2 rings (SSSR count). The number of nitrogens with zero attached hydrogens (tertiary/aromatic N) is 3. The first-order chi connectivity index (χ1) is 10.9. The molecular formula is C13H17N3O7. The second-order valence-corrected chi connectivity index (χ2v) is 5.04. The molecule has 10 heteroatoms. The van der Waals surface area contributed by atoms with Crippen molar-refractivity contribution in [2.75, 3.05) is 26.7 Å². The van der Waals surface area contributed by atoms with Gasteiger partial charge in [0.15, 0.2) is 0 Å². The van der Waals surface area contributed by atoms with Gasteiger partial charge in [-0.2, -0.15) is 5.06 Å². The summed E-state index contributed by atoms with van der Waals surface area (Å²) in [6.45, 7) is -0.162. The quantitative estimate of drug-likeness (QED) is 0.673. The fourth-order valence-electron chi connectivity index (χ4n) is 1.99. The molecule has 0 radical (unpaired) electrons. The Balaban J connectivity index is 1.77. The second-order valence-electron chi connectivity index (χ2n) is 5.04. The van der Waals surface area contributed by atoms with Crippen molar-refractivity contribution in [1.29, 1.82) is 0 Å². The van der Waals surface area contributed by atoms with E-state index >= 15 is 0 Å². The van der Waals surface area contributed by atoms with Gasteiger partial charge in [-0.05, 0) is 13.5 Å². The van der Waals surface area contributed by atoms with Crippen molar-refractivity contribution in [3.8, 4) is 11.8 Å². The summed E-state index contributed by atoms with van der Waals surface area (Å²) >= 11 is 0. The van der Waals surface area contributed by atoms with E-state index in [9.17, 15) is 24.6 Å². The maximum absolute atomic E-state index is 11.7. The van der Waals surface area contributed by atoms with Crippen LogP contribution < -0.4 is 4.84 Å². The van der Waals surface area contributed by atoms with Gasteiger partial charge >= 0.3 is 11.9 Å². The third-order valence-corrected chi connectivity index (χ3v) is 3.03. The van der Waals surface area contributed by atoms with Gasteiger partial charge in [0.25, 0.3) is 5.91 Å². The van der Waals surface area contributed by atoms with Crippen LogP contribution in [-0.2, 0) is 19.2 Å². The molecule has 1 aliphatic heterocycles. The summed E-state index contributed by atoms with van der Waals surface area (Å²) in [6, 6.07) is 2.30. The van der Waals surface area contributed by atoms with Gasteiger partial charge in [-0.15, -0.1) is 4.73 Å². The molecule has 2 N–H and O–H groups in total. The Morgan fingerprint density at radius 3 is 2.26 bits per heavy atom. The summed E-state index contributed by atoms with van der Waals surface area (Å²) in [7, 11) is 1.48. The molecule has 0 atom stereocenters. The number of hydrogen-bond acceptors (Lipinski definition) is 8. The van der Waals surface area contributed by atoms with Crippen molar-refractivity contribution in [2.45, 2.75) is 12.8 Å².